The van der Waals surface area contributed by atoms with Crippen molar-refractivity contribution in [2.75, 3.05) is 13.2 Å². The number of carboxylic acid groups (broad SMARTS) is 1. The minimum Gasteiger partial charge on any atom is -0.481 e. The normalized spacial score (nSPS) is 14.0. The zero-order valence-corrected chi connectivity index (χ0v) is 12.5. The highest BCUT2D eigenvalue weighted by Crippen LogP contribution is 2.16. The van der Waals surface area contributed by atoms with Crippen LogP contribution in [0.15, 0.2) is 12.2 Å². The van der Waals surface area contributed by atoms with Crippen LogP contribution in [0.4, 0.5) is 0 Å². The average Bonchev–Trinajstić information content (AvgIpc) is 2.46. The monoisotopic (exact) mass is 302 g/mol. The second kappa shape index (κ2) is 12.3. The predicted molar refractivity (Wildman–Crippen MR) is 77.7 cm³/mol. The van der Waals surface area contributed by atoms with E-state index in [-0.39, 0.29) is 13.0 Å². The van der Waals surface area contributed by atoms with Crippen LogP contribution < -0.4 is 0 Å². The van der Waals surface area contributed by atoms with Gasteiger partial charge in [-0.15, -0.1) is 0 Å². The van der Waals surface area contributed by atoms with E-state index >= 15 is 0 Å². The lowest BCUT2D eigenvalue weighted by Gasteiger charge is -2.15. The second-order valence-corrected chi connectivity index (χ2v) is 4.95. The van der Waals surface area contributed by atoms with E-state index in [4.69, 9.17) is 20.1 Å². The molecule has 6 nitrogen and oxygen atoms in total. The lowest BCUT2D eigenvalue weighted by molar-refractivity contribution is -0.156. The van der Waals surface area contributed by atoms with Crippen molar-refractivity contribution in [3.05, 3.63) is 12.2 Å². The molecule has 0 bridgehead atoms. The van der Waals surface area contributed by atoms with Crippen LogP contribution in [-0.2, 0) is 14.3 Å². The van der Waals surface area contributed by atoms with Gasteiger partial charge >= 0.3 is 11.9 Å². The summed E-state index contributed by atoms with van der Waals surface area (Å²) in [5.41, 5.74) is 0. The number of hydrogen-bond donors (Lipinski definition) is 3. The van der Waals surface area contributed by atoms with Crippen LogP contribution in [0.1, 0.15) is 45.4 Å². The van der Waals surface area contributed by atoms with E-state index in [1.54, 1.807) is 0 Å². The summed E-state index contributed by atoms with van der Waals surface area (Å²) in [5.74, 6) is -2.41. The third-order valence-electron chi connectivity index (χ3n) is 2.93. The fraction of sp³-hybridized carbons (Fsp3) is 0.733. The van der Waals surface area contributed by atoms with Gasteiger partial charge in [0.2, 0.25) is 0 Å². The molecule has 6 heteroatoms. The number of ether oxygens (including phenoxy) is 1. The lowest BCUT2D eigenvalue weighted by Crippen LogP contribution is -2.27. The molecule has 0 rings (SSSR count). The predicted octanol–water partition coefficient (Wildman–Crippen LogP) is 1.50. The summed E-state index contributed by atoms with van der Waals surface area (Å²) < 4.78 is 4.82. The largest absolute Gasteiger partial charge is 0.481 e. The standard InChI is InChI=1S/C15H26O6/c1-2-3-4-5-6-7-8-12(9-14(18)19)15(20)21-11-13(17)10-16/h4-5,12-13,16-17H,2-3,6-11H2,1H3,(H,18,19)/b5-4+. The third kappa shape index (κ3) is 11.0. The Morgan fingerprint density at radius 2 is 1.90 bits per heavy atom. The van der Waals surface area contributed by atoms with Gasteiger partial charge in [-0.2, -0.15) is 0 Å². The van der Waals surface area contributed by atoms with E-state index in [1.807, 2.05) is 6.08 Å². The molecular formula is C15H26O6. The Hall–Kier alpha value is -1.40. The molecule has 2 unspecified atom stereocenters. The van der Waals surface area contributed by atoms with E-state index < -0.39 is 30.6 Å². The van der Waals surface area contributed by atoms with E-state index in [2.05, 4.69) is 13.0 Å². The highest BCUT2D eigenvalue weighted by molar-refractivity contribution is 5.79. The molecule has 0 aromatic rings. The molecule has 0 heterocycles. The fourth-order valence-corrected chi connectivity index (χ4v) is 1.75. The van der Waals surface area contributed by atoms with Gasteiger partial charge in [-0.25, -0.2) is 0 Å². The molecule has 0 saturated heterocycles. The number of carbonyl (C=O) groups excluding carboxylic acids is 1. The van der Waals surface area contributed by atoms with E-state index in [0.29, 0.717) is 12.8 Å². The third-order valence-corrected chi connectivity index (χ3v) is 2.93. The van der Waals surface area contributed by atoms with Gasteiger partial charge in [0, 0.05) is 0 Å². The summed E-state index contributed by atoms with van der Waals surface area (Å²) in [5, 5.41) is 26.6. The van der Waals surface area contributed by atoms with Gasteiger partial charge in [-0.1, -0.05) is 25.5 Å². The topological polar surface area (TPSA) is 104 Å². The number of unbranched alkanes of at least 4 members (excludes halogenated alkanes) is 2. The molecule has 0 radical (unpaired) electrons. The van der Waals surface area contributed by atoms with Crippen LogP contribution in [0.2, 0.25) is 0 Å². The molecule has 0 aromatic heterocycles. The SMILES string of the molecule is CCC/C=C/CCCC(CC(=O)O)C(=O)OCC(O)CO. The minimum absolute atomic E-state index is 0.285. The summed E-state index contributed by atoms with van der Waals surface area (Å²) in [6.45, 7) is 1.27. The summed E-state index contributed by atoms with van der Waals surface area (Å²) in [7, 11) is 0. The zero-order chi connectivity index (χ0) is 16.1. The van der Waals surface area contributed by atoms with Crippen molar-refractivity contribution < 1.29 is 29.6 Å². The highest BCUT2D eigenvalue weighted by Gasteiger charge is 2.23. The fourth-order valence-electron chi connectivity index (χ4n) is 1.75. The first kappa shape index (κ1) is 19.6. The number of aliphatic hydroxyl groups excluding tert-OH is 2. The highest BCUT2D eigenvalue weighted by atomic mass is 16.5. The van der Waals surface area contributed by atoms with E-state index in [9.17, 15) is 9.59 Å². The van der Waals surface area contributed by atoms with Gasteiger partial charge in [0.25, 0.3) is 0 Å². The Labute approximate surface area is 125 Å². The van der Waals surface area contributed by atoms with Crippen molar-refractivity contribution in [2.45, 2.75) is 51.6 Å². The van der Waals surface area contributed by atoms with E-state index in [1.165, 1.54) is 0 Å². The summed E-state index contributed by atoms with van der Waals surface area (Å²) >= 11 is 0. The van der Waals surface area contributed by atoms with Crippen LogP contribution in [-0.4, -0.2) is 46.6 Å². The molecule has 122 valence electrons. The van der Waals surface area contributed by atoms with Crippen molar-refractivity contribution in [1.29, 1.82) is 0 Å². The zero-order valence-electron chi connectivity index (χ0n) is 12.5. The molecule has 0 aliphatic heterocycles. The molecular weight excluding hydrogens is 276 g/mol. The second-order valence-electron chi connectivity index (χ2n) is 4.95. The Kier molecular flexibility index (Phi) is 11.5. The summed E-state index contributed by atoms with van der Waals surface area (Å²) in [4.78, 5) is 22.5. The molecule has 0 fully saturated rings. The van der Waals surface area contributed by atoms with Crippen LogP contribution in [0.5, 0.6) is 0 Å². The van der Waals surface area contributed by atoms with Crippen molar-refractivity contribution in [3.8, 4) is 0 Å². The molecule has 0 amide bonds. The summed E-state index contributed by atoms with van der Waals surface area (Å²) in [6, 6.07) is 0. The van der Waals surface area contributed by atoms with Crippen molar-refractivity contribution >= 4 is 11.9 Å². The molecule has 0 aliphatic carbocycles. The van der Waals surface area contributed by atoms with Crippen LogP contribution in [0.3, 0.4) is 0 Å². The smallest absolute Gasteiger partial charge is 0.309 e. The van der Waals surface area contributed by atoms with Crippen LogP contribution in [0.25, 0.3) is 0 Å². The molecule has 0 aliphatic rings. The van der Waals surface area contributed by atoms with Crippen molar-refractivity contribution in [1.82, 2.24) is 0 Å². The Bertz CT molecular complexity index is 326. The van der Waals surface area contributed by atoms with Gasteiger partial charge in [-0.3, -0.25) is 9.59 Å². The van der Waals surface area contributed by atoms with Gasteiger partial charge in [0.1, 0.15) is 12.7 Å². The van der Waals surface area contributed by atoms with Crippen LogP contribution in [0, 0.1) is 5.92 Å². The average molecular weight is 302 g/mol. The number of aliphatic carboxylic acids is 1. The van der Waals surface area contributed by atoms with Crippen LogP contribution >= 0.6 is 0 Å². The maximum atomic E-state index is 11.8. The maximum absolute atomic E-state index is 11.8. The van der Waals surface area contributed by atoms with Crippen molar-refractivity contribution in [3.63, 3.8) is 0 Å². The molecule has 21 heavy (non-hydrogen) atoms. The van der Waals surface area contributed by atoms with Crippen molar-refractivity contribution in [2.24, 2.45) is 5.92 Å². The number of hydrogen-bond acceptors (Lipinski definition) is 5. The number of esters is 1. The Morgan fingerprint density at radius 1 is 1.24 bits per heavy atom. The first-order chi connectivity index (χ1) is 10.0. The lowest BCUT2D eigenvalue weighted by atomic mass is 9.98. The Morgan fingerprint density at radius 3 is 2.48 bits per heavy atom. The summed E-state index contributed by atoms with van der Waals surface area (Å²) in [6.07, 6.45) is 6.71. The Balaban J connectivity index is 4.18. The first-order valence-corrected chi connectivity index (χ1v) is 7.33. The molecule has 3 N–H and O–H groups in total. The molecule has 0 saturated carbocycles. The van der Waals surface area contributed by atoms with E-state index in [0.717, 1.165) is 19.3 Å². The quantitative estimate of drug-likeness (QED) is 0.287. The minimum atomic E-state index is -1.13. The molecule has 0 spiro atoms. The van der Waals surface area contributed by atoms with Gasteiger partial charge in [0.05, 0.1) is 18.9 Å². The van der Waals surface area contributed by atoms with Gasteiger partial charge < -0.3 is 20.1 Å². The number of carbonyl (C=O) groups is 2. The van der Waals surface area contributed by atoms with Gasteiger partial charge in [0.15, 0.2) is 0 Å². The maximum Gasteiger partial charge on any atom is 0.309 e. The number of rotatable bonds is 12. The number of allylic oxidation sites excluding steroid dienone is 2. The number of aliphatic hydroxyl groups is 2. The molecule has 2 atom stereocenters. The number of carboxylic acids is 1. The first-order valence-electron chi connectivity index (χ1n) is 7.33. The molecule has 0 aromatic carbocycles. The van der Waals surface area contributed by atoms with Gasteiger partial charge in [-0.05, 0) is 25.7 Å².